The summed E-state index contributed by atoms with van der Waals surface area (Å²) in [5, 5.41) is 5.00. The molecule has 1 N–H and O–H groups in total. The van der Waals surface area contributed by atoms with E-state index >= 15 is 0 Å². The highest BCUT2D eigenvalue weighted by atomic mass is 35.5. The van der Waals surface area contributed by atoms with E-state index in [1.807, 2.05) is 13.8 Å². The van der Waals surface area contributed by atoms with Gasteiger partial charge in [0.05, 0.1) is 12.2 Å². The molecule has 1 saturated heterocycles. The van der Waals surface area contributed by atoms with Crippen LogP contribution in [0, 0.1) is 0 Å². The zero-order valence-electron chi connectivity index (χ0n) is 10.8. The van der Waals surface area contributed by atoms with E-state index in [1.165, 1.54) is 0 Å². The molecule has 104 valence electrons. The van der Waals surface area contributed by atoms with Crippen LogP contribution in [0.5, 0.6) is 0 Å². The molecular formula is C13H16Cl2N2OS. The lowest BCUT2D eigenvalue weighted by Crippen LogP contribution is -2.49. The molecule has 0 radical (unpaired) electrons. The van der Waals surface area contributed by atoms with E-state index in [2.05, 4.69) is 10.2 Å². The van der Waals surface area contributed by atoms with Crippen molar-refractivity contribution in [3.05, 3.63) is 28.2 Å². The zero-order chi connectivity index (χ0) is 14.0. The van der Waals surface area contributed by atoms with Crippen molar-refractivity contribution in [2.75, 3.05) is 18.4 Å². The van der Waals surface area contributed by atoms with Crippen molar-refractivity contribution in [3.8, 4) is 0 Å². The quantitative estimate of drug-likeness (QED) is 0.796. The maximum atomic E-state index is 5.96. The van der Waals surface area contributed by atoms with Gasteiger partial charge in [0.25, 0.3) is 0 Å². The highest BCUT2D eigenvalue weighted by molar-refractivity contribution is 7.80. The number of morpholine rings is 1. The molecule has 1 heterocycles. The molecule has 6 heteroatoms. The maximum absolute atomic E-state index is 5.96. The van der Waals surface area contributed by atoms with Gasteiger partial charge in [0.2, 0.25) is 0 Å². The lowest BCUT2D eigenvalue weighted by atomic mass is 10.2. The first kappa shape index (κ1) is 14.9. The summed E-state index contributed by atoms with van der Waals surface area (Å²) in [4.78, 5) is 2.10. The minimum atomic E-state index is 0.173. The van der Waals surface area contributed by atoms with Gasteiger partial charge < -0.3 is 15.0 Å². The fourth-order valence-electron chi connectivity index (χ4n) is 2.17. The zero-order valence-corrected chi connectivity index (χ0v) is 13.1. The highest BCUT2D eigenvalue weighted by Gasteiger charge is 2.23. The molecule has 0 bridgehead atoms. The number of halogens is 2. The molecule has 2 rings (SSSR count). The fourth-order valence-corrected chi connectivity index (χ4v) is 2.97. The molecule has 3 nitrogen and oxygen atoms in total. The van der Waals surface area contributed by atoms with Gasteiger partial charge in [-0.05, 0) is 44.3 Å². The van der Waals surface area contributed by atoms with E-state index in [1.54, 1.807) is 18.2 Å². The van der Waals surface area contributed by atoms with Gasteiger partial charge in [-0.25, -0.2) is 0 Å². The van der Waals surface area contributed by atoms with Crippen molar-refractivity contribution in [2.45, 2.75) is 26.1 Å². The lowest BCUT2D eigenvalue weighted by molar-refractivity contribution is -0.0473. The summed E-state index contributed by atoms with van der Waals surface area (Å²) in [5.41, 5.74) is 0.800. The number of hydrogen-bond donors (Lipinski definition) is 1. The van der Waals surface area contributed by atoms with Crippen molar-refractivity contribution < 1.29 is 4.74 Å². The Hall–Kier alpha value is -0.550. The standard InChI is InChI=1S/C13H16Cl2N2OS/c1-8-6-17(7-9(2)18-8)13(19)16-12-4-10(14)3-11(15)5-12/h3-5,8-9H,6-7H2,1-2H3,(H,16,19)/t8-,9-/m0/s1. The van der Waals surface area contributed by atoms with Gasteiger partial charge in [0, 0.05) is 28.8 Å². The number of ether oxygens (including phenoxy) is 1. The van der Waals surface area contributed by atoms with E-state index in [0.29, 0.717) is 15.2 Å². The summed E-state index contributed by atoms with van der Waals surface area (Å²) in [7, 11) is 0. The third kappa shape index (κ3) is 4.21. The summed E-state index contributed by atoms with van der Waals surface area (Å²) in [6.07, 6.45) is 0.345. The van der Waals surface area contributed by atoms with Crippen LogP contribution in [0.15, 0.2) is 18.2 Å². The first-order chi connectivity index (χ1) is 8.94. The van der Waals surface area contributed by atoms with Gasteiger partial charge in [0.15, 0.2) is 5.11 Å². The summed E-state index contributed by atoms with van der Waals surface area (Å²) in [6, 6.07) is 5.29. The number of anilines is 1. The Kier molecular flexibility index (Phi) is 4.90. The van der Waals surface area contributed by atoms with Crippen LogP contribution in [0.3, 0.4) is 0 Å². The van der Waals surface area contributed by atoms with E-state index < -0.39 is 0 Å². The number of rotatable bonds is 1. The Labute approximate surface area is 128 Å². The molecule has 0 spiro atoms. The highest BCUT2D eigenvalue weighted by Crippen LogP contribution is 2.23. The van der Waals surface area contributed by atoms with Crippen molar-refractivity contribution in [1.82, 2.24) is 4.90 Å². The molecule has 0 unspecified atom stereocenters. The Bertz CT molecular complexity index is 453. The Balaban J connectivity index is 2.04. The second kappa shape index (κ2) is 6.27. The Morgan fingerprint density at radius 1 is 1.21 bits per heavy atom. The van der Waals surface area contributed by atoms with Gasteiger partial charge in [-0.3, -0.25) is 0 Å². The van der Waals surface area contributed by atoms with Crippen LogP contribution < -0.4 is 5.32 Å². The molecule has 0 aliphatic carbocycles. The summed E-state index contributed by atoms with van der Waals surface area (Å²) in [6.45, 7) is 5.65. The largest absolute Gasteiger partial charge is 0.372 e. The summed E-state index contributed by atoms with van der Waals surface area (Å²) >= 11 is 17.4. The second-order valence-electron chi connectivity index (χ2n) is 4.75. The number of nitrogens with zero attached hydrogens (tertiary/aromatic N) is 1. The van der Waals surface area contributed by atoms with Crippen LogP contribution >= 0.6 is 35.4 Å². The first-order valence-corrected chi connectivity index (χ1v) is 7.28. The maximum Gasteiger partial charge on any atom is 0.173 e. The molecule has 1 aromatic rings. The molecule has 0 aromatic heterocycles. The number of nitrogens with one attached hydrogen (secondary N) is 1. The Morgan fingerprint density at radius 2 is 1.74 bits per heavy atom. The third-order valence-electron chi connectivity index (χ3n) is 2.82. The molecule has 19 heavy (non-hydrogen) atoms. The van der Waals surface area contributed by atoms with Crippen molar-refractivity contribution in [2.24, 2.45) is 0 Å². The van der Waals surface area contributed by atoms with Crippen molar-refractivity contribution in [3.63, 3.8) is 0 Å². The topological polar surface area (TPSA) is 24.5 Å². The average Bonchev–Trinajstić information content (AvgIpc) is 2.25. The van der Waals surface area contributed by atoms with Gasteiger partial charge in [0.1, 0.15) is 0 Å². The molecule has 1 aliphatic rings. The molecule has 0 saturated carbocycles. The van der Waals surface area contributed by atoms with Gasteiger partial charge in [-0.1, -0.05) is 23.2 Å². The predicted octanol–water partition coefficient (Wildman–Crippen LogP) is 3.80. The second-order valence-corrected chi connectivity index (χ2v) is 6.01. The third-order valence-corrected chi connectivity index (χ3v) is 3.62. The van der Waals surface area contributed by atoms with Crippen LogP contribution in [-0.2, 0) is 4.74 Å². The lowest BCUT2D eigenvalue weighted by Gasteiger charge is -2.36. The average molecular weight is 319 g/mol. The molecular weight excluding hydrogens is 303 g/mol. The molecule has 2 atom stereocenters. The van der Waals surface area contributed by atoms with E-state index in [9.17, 15) is 0 Å². The van der Waals surface area contributed by atoms with Crippen LogP contribution in [0.4, 0.5) is 5.69 Å². The fraction of sp³-hybridized carbons (Fsp3) is 0.462. The minimum absolute atomic E-state index is 0.173. The minimum Gasteiger partial charge on any atom is -0.372 e. The Morgan fingerprint density at radius 3 is 2.26 bits per heavy atom. The van der Waals surface area contributed by atoms with Gasteiger partial charge in [-0.15, -0.1) is 0 Å². The molecule has 1 fully saturated rings. The van der Waals surface area contributed by atoms with Gasteiger partial charge >= 0.3 is 0 Å². The van der Waals surface area contributed by atoms with E-state index in [0.717, 1.165) is 18.8 Å². The predicted molar refractivity (Wildman–Crippen MR) is 84.3 cm³/mol. The number of hydrogen-bond acceptors (Lipinski definition) is 2. The monoisotopic (exact) mass is 318 g/mol. The van der Waals surface area contributed by atoms with Crippen LogP contribution in [0.25, 0.3) is 0 Å². The molecule has 0 amide bonds. The number of benzene rings is 1. The molecule has 1 aliphatic heterocycles. The summed E-state index contributed by atoms with van der Waals surface area (Å²) in [5.74, 6) is 0. The first-order valence-electron chi connectivity index (χ1n) is 6.11. The van der Waals surface area contributed by atoms with Gasteiger partial charge in [-0.2, -0.15) is 0 Å². The van der Waals surface area contributed by atoms with Crippen LogP contribution in [-0.4, -0.2) is 35.3 Å². The van der Waals surface area contributed by atoms with Crippen molar-refractivity contribution >= 4 is 46.2 Å². The normalized spacial score (nSPS) is 23.3. The van der Waals surface area contributed by atoms with Crippen molar-refractivity contribution in [1.29, 1.82) is 0 Å². The molecule has 1 aromatic carbocycles. The summed E-state index contributed by atoms with van der Waals surface area (Å²) < 4.78 is 5.68. The van der Waals surface area contributed by atoms with E-state index in [4.69, 9.17) is 40.2 Å². The van der Waals surface area contributed by atoms with E-state index in [-0.39, 0.29) is 12.2 Å². The number of thiocarbonyl (C=S) groups is 1. The van der Waals surface area contributed by atoms with Crippen LogP contribution in [0.1, 0.15) is 13.8 Å². The smallest absolute Gasteiger partial charge is 0.173 e. The van der Waals surface area contributed by atoms with Crippen LogP contribution in [0.2, 0.25) is 10.0 Å². The SMILES string of the molecule is C[C@H]1CN(C(=S)Nc2cc(Cl)cc(Cl)c2)C[C@H](C)O1.